The van der Waals surface area contributed by atoms with Gasteiger partial charge < -0.3 is 4.57 Å². The molecule has 0 aliphatic rings. The van der Waals surface area contributed by atoms with Crippen LogP contribution in [0.5, 0.6) is 0 Å². The lowest BCUT2D eigenvalue weighted by molar-refractivity contribution is 1.07. The molecule has 0 radical (unpaired) electrons. The third-order valence-electron chi connectivity index (χ3n) is 2.79. The second-order valence-corrected chi connectivity index (χ2v) is 4.20. The molecule has 84 valence electrons. The summed E-state index contributed by atoms with van der Waals surface area (Å²) in [7, 11) is 0. The standard InChI is InChI=1S/C15H14N2/c1-11(2)15-5-4-14(8-12(15)3)17-7-6-13(9-16)10-17/h4-8,10H,1H2,2-3H3. The normalized spacial score (nSPS) is 9.94. The summed E-state index contributed by atoms with van der Waals surface area (Å²) in [6.45, 7) is 8.03. The smallest absolute Gasteiger partial charge is 0.101 e. The van der Waals surface area contributed by atoms with Crippen LogP contribution in [-0.4, -0.2) is 4.57 Å². The molecule has 0 amide bonds. The van der Waals surface area contributed by atoms with Crippen molar-refractivity contribution in [1.29, 1.82) is 5.26 Å². The van der Waals surface area contributed by atoms with Gasteiger partial charge in [0.1, 0.15) is 6.07 Å². The first-order valence-corrected chi connectivity index (χ1v) is 5.47. The lowest BCUT2D eigenvalue weighted by Gasteiger charge is -2.09. The Balaban J connectivity index is 2.45. The van der Waals surface area contributed by atoms with E-state index in [2.05, 4.69) is 31.7 Å². The molecule has 0 aliphatic carbocycles. The Bertz CT molecular complexity index is 612. The van der Waals surface area contributed by atoms with Gasteiger partial charge in [0, 0.05) is 18.1 Å². The average Bonchev–Trinajstić information content (AvgIpc) is 2.76. The number of nitrogens with zero attached hydrogens (tertiary/aromatic N) is 2. The van der Waals surface area contributed by atoms with Crippen molar-refractivity contribution in [2.45, 2.75) is 13.8 Å². The minimum Gasteiger partial charge on any atom is -0.323 e. The van der Waals surface area contributed by atoms with Crippen LogP contribution in [0, 0.1) is 18.3 Å². The van der Waals surface area contributed by atoms with Crippen molar-refractivity contribution >= 4 is 5.57 Å². The molecule has 0 saturated heterocycles. The summed E-state index contributed by atoms with van der Waals surface area (Å²) >= 11 is 0. The zero-order valence-electron chi connectivity index (χ0n) is 10.1. The number of nitriles is 1. The van der Waals surface area contributed by atoms with Crippen molar-refractivity contribution in [3.63, 3.8) is 0 Å². The predicted octanol–water partition coefficient (Wildman–Crippen LogP) is 3.69. The van der Waals surface area contributed by atoms with Gasteiger partial charge in [-0.25, -0.2) is 0 Å². The zero-order chi connectivity index (χ0) is 12.4. The Kier molecular flexibility index (Phi) is 2.84. The van der Waals surface area contributed by atoms with Gasteiger partial charge >= 0.3 is 0 Å². The van der Waals surface area contributed by atoms with E-state index < -0.39 is 0 Å². The van der Waals surface area contributed by atoms with Crippen LogP contribution in [0.4, 0.5) is 0 Å². The van der Waals surface area contributed by atoms with Crippen molar-refractivity contribution in [3.8, 4) is 11.8 Å². The summed E-state index contributed by atoms with van der Waals surface area (Å²) in [5.41, 5.74) is 5.18. The van der Waals surface area contributed by atoms with Gasteiger partial charge in [-0.2, -0.15) is 5.26 Å². The molecule has 2 aromatic rings. The molecule has 0 aliphatic heterocycles. The first-order chi connectivity index (χ1) is 8.11. The molecule has 0 N–H and O–H groups in total. The van der Waals surface area contributed by atoms with E-state index in [1.54, 1.807) is 0 Å². The number of benzene rings is 1. The van der Waals surface area contributed by atoms with Crippen molar-refractivity contribution < 1.29 is 0 Å². The molecule has 0 spiro atoms. The molecule has 2 heteroatoms. The van der Waals surface area contributed by atoms with E-state index in [-0.39, 0.29) is 0 Å². The highest BCUT2D eigenvalue weighted by Gasteiger charge is 2.03. The molecule has 2 rings (SSSR count). The summed E-state index contributed by atoms with van der Waals surface area (Å²) < 4.78 is 1.95. The maximum atomic E-state index is 8.79. The Hall–Kier alpha value is -2.27. The molecule has 0 atom stereocenters. The van der Waals surface area contributed by atoms with E-state index in [0.29, 0.717) is 5.56 Å². The van der Waals surface area contributed by atoms with E-state index in [4.69, 9.17) is 5.26 Å². The SMILES string of the molecule is C=C(C)c1ccc(-n2ccc(C#N)c2)cc1C. The van der Waals surface area contributed by atoms with Gasteiger partial charge in [0.15, 0.2) is 0 Å². The fourth-order valence-electron chi connectivity index (χ4n) is 1.91. The molecule has 1 heterocycles. The van der Waals surface area contributed by atoms with Gasteiger partial charge in [0.2, 0.25) is 0 Å². The highest BCUT2D eigenvalue weighted by atomic mass is 14.9. The number of aromatic nitrogens is 1. The minimum atomic E-state index is 0.673. The van der Waals surface area contributed by atoms with Crippen LogP contribution in [0.2, 0.25) is 0 Å². The number of allylic oxidation sites excluding steroid dienone is 1. The lowest BCUT2D eigenvalue weighted by Crippen LogP contribution is -1.93. The molecule has 1 aromatic carbocycles. The second-order valence-electron chi connectivity index (χ2n) is 4.20. The van der Waals surface area contributed by atoms with Crippen molar-refractivity contribution in [3.05, 3.63) is 59.9 Å². The van der Waals surface area contributed by atoms with Crippen LogP contribution < -0.4 is 0 Å². The zero-order valence-corrected chi connectivity index (χ0v) is 10.1. The van der Waals surface area contributed by atoms with E-state index >= 15 is 0 Å². The van der Waals surface area contributed by atoms with E-state index in [9.17, 15) is 0 Å². The first-order valence-electron chi connectivity index (χ1n) is 5.47. The van der Waals surface area contributed by atoms with Gasteiger partial charge in [-0.05, 0) is 43.2 Å². The van der Waals surface area contributed by atoms with Crippen LogP contribution in [0.1, 0.15) is 23.6 Å². The van der Waals surface area contributed by atoms with Gasteiger partial charge in [-0.1, -0.05) is 18.2 Å². The van der Waals surface area contributed by atoms with Gasteiger partial charge in [-0.15, -0.1) is 0 Å². The Morgan fingerprint density at radius 3 is 2.65 bits per heavy atom. The molecular formula is C15H14N2. The fraction of sp³-hybridized carbons (Fsp3) is 0.133. The third kappa shape index (κ3) is 2.14. The second kappa shape index (κ2) is 4.31. The highest BCUT2D eigenvalue weighted by Crippen LogP contribution is 2.20. The maximum absolute atomic E-state index is 8.79. The van der Waals surface area contributed by atoms with Crippen LogP contribution >= 0.6 is 0 Å². The van der Waals surface area contributed by atoms with Crippen LogP contribution in [0.3, 0.4) is 0 Å². The molecule has 0 saturated carbocycles. The topological polar surface area (TPSA) is 28.7 Å². The van der Waals surface area contributed by atoms with E-state index in [1.807, 2.05) is 36.0 Å². The van der Waals surface area contributed by atoms with Crippen molar-refractivity contribution in [2.75, 3.05) is 0 Å². The molecular weight excluding hydrogens is 208 g/mol. The summed E-state index contributed by atoms with van der Waals surface area (Å²) in [5.74, 6) is 0. The predicted molar refractivity (Wildman–Crippen MR) is 69.9 cm³/mol. The molecule has 1 aromatic heterocycles. The maximum Gasteiger partial charge on any atom is 0.101 e. The van der Waals surface area contributed by atoms with Gasteiger partial charge in [0.25, 0.3) is 0 Å². The fourth-order valence-corrected chi connectivity index (χ4v) is 1.91. The number of aryl methyl sites for hydroxylation is 1. The first kappa shape index (κ1) is 11.2. The average molecular weight is 222 g/mol. The van der Waals surface area contributed by atoms with Gasteiger partial charge in [0.05, 0.1) is 5.56 Å². The summed E-state index contributed by atoms with van der Waals surface area (Å²) in [6, 6.07) is 10.1. The van der Waals surface area contributed by atoms with Gasteiger partial charge in [-0.3, -0.25) is 0 Å². The van der Waals surface area contributed by atoms with E-state index in [0.717, 1.165) is 11.3 Å². The summed E-state index contributed by atoms with van der Waals surface area (Å²) in [4.78, 5) is 0. The Labute approximate surface area is 101 Å². The lowest BCUT2D eigenvalue weighted by atomic mass is 10.0. The molecule has 2 nitrogen and oxygen atoms in total. The van der Waals surface area contributed by atoms with Crippen molar-refractivity contribution in [1.82, 2.24) is 4.57 Å². The highest BCUT2D eigenvalue weighted by molar-refractivity contribution is 5.65. The molecule has 0 unspecified atom stereocenters. The largest absolute Gasteiger partial charge is 0.323 e. The molecule has 17 heavy (non-hydrogen) atoms. The molecule has 0 bridgehead atoms. The Morgan fingerprint density at radius 1 is 1.35 bits per heavy atom. The Morgan fingerprint density at radius 2 is 2.12 bits per heavy atom. The third-order valence-corrected chi connectivity index (χ3v) is 2.79. The quantitative estimate of drug-likeness (QED) is 0.761. The minimum absolute atomic E-state index is 0.673. The molecule has 0 fully saturated rings. The van der Waals surface area contributed by atoms with Crippen LogP contribution in [0.15, 0.2) is 43.2 Å². The van der Waals surface area contributed by atoms with Crippen LogP contribution in [-0.2, 0) is 0 Å². The monoisotopic (exact) mass is 222 g/mol. The number of rotatable bonds is 2. The summed E-state index contributed by atoms with van der Waals surface area (Å²) in [6.07, 6.45) is 3.73. The van der Waals surface area contributed by atoms with Crippen molar-refractivity contribution in [2.24, 2.45) is 0 Å². The number of hydrogen-bond donors (Lipinski definition) is 0. The van der Waals surface area contributed by atoms with Crippen LogP contribution in [0.25, 0.3) is 11.3 Å². The van der Waals surface area contributed by atoms with E-state index in [1.165, 1.54) is 11.1 Å². The number of hydrogen-bond acceptors (Lipinski definition) is 1. The summed E-state index contributed by atoms with van der Waals surface area (Å²) in [5, 5.41) is 8.79.